The minimum Gasteiger partial charge on any atom is -0.491 e. The monoisotopic (exact) mass is 647 g/mol. The normalized spacial score (nSPS) is 15.2. The molecule has 13 heteroatoms. The van der Waals surface area contributed by atoms with Gasteiger partial charge in [0.2, 0.25) is 15.9 Å². The van der Waals surface area contributed by atoms with Crippen molar-refractivity contribution in [2.45, 2.75) is 75.5 Å². The van der Waals surface area contributed by atoms with Crippen LogP contribution in [0.5, 0.6) is 17.6 Å². The van der Waals surface area contributed by atoms with Gasteiger partial charge in [0.1, 0.15) is 16.7 Å². The largest absolute Gasteiger partial charge is 0.491 e. The predicted octanol–water partition coefficient (Wildman–Crippen LogP) is 5.78. The van der Waals surface area contributed by atoms with E-state index in [-0.39, 0.29) is 29.2 Å². The van der Waals surface area contributed by atoms with Crippen molar-refractivity contribution >= 4 is 38.3 Å². The number of carbonyl (C=O) groups excluding carboxylic acids is 1. The zero-order valence-electron chi connectivity index (χ0n) is 26.2. The Morgan fingerprint density at radius 3 is 2.39 bits per heavy atom. The lowest BCUT2D eigenvalue weighted by Crippen LogP contribution is -2.39. The summed E-state index contributed by atoms with van der Waals surface area (Å²) in [5.41, 5.74) is 2.90. The van der Waals surface area contributed by atoms with Crippen molar-refractivity contribution in [3.63, 3.8) is 0 Å². The molecule has 0 saturated heterocycles. The average molecular weight is 648 g/mol. The topological polar surface area (TPSA) is 151 Å². The van der Waals surface area contributed by atoms with Gasteiger partial charge in [-0.3, -0.25) is 4.98 Å². The van der Waals surface area contributed by atoms with E-state index in [1.54, 1.807) is 30.5 Å². The zero-order valence-corrected chi connectivity index (χ0v) is 27.0. The molecule has 0 spiro atoms. The molecule has 0 atom stereocenters. The summed E-state index contributed by atoms with van der Waals surface area (Å²) in [5, 5.41) is 3.85. The first-order valence-corrected chi connectivity index (χ1v) is 16.8. The number of carbonyl (C=O) groups is 1. The molecule has 12 nitrogen and oxygen atoms in total. The Morgan fingerprint density at radius 1 is 0.957 bits per heavy atom. The molecule has 242 valence electrons. The van der Waals surface area contributed by atoms with Crippen molar-refractivity contribution in [1.29, 1.82) is 0 Å². The van der Waals surface area contributed by atoms with E-state index in [1.807, 2.05) is 26.0 Å². The highest BCUT2D eigenvalue weighted by Crippen LogP contribution is 2.38. The number of hydrogen-bond donors (Lipinski definition) is 2. The van der Waals surface area contributed by atoms with Crippen molar-refractivity contribution < 1.29 is 32.2 Å². The third-order valence-electron chi connectivity index (χ3n) is 8.08. The molecular weight excluding hydrogens is 610 g/mol. The van der Waals surface area contributed by atoms with Gasteiger partial charge >= 0.3 is 12.0 Å². The number of hydrogen-bond acceptors (Lipinski definition) is 11. The maximum absolute atomic E-state index is 13.7. The van der Waals surface area contributed by atoms with E-state index in [0.29, 0.717) is 50.6 Å². The van der Waals surface area contributed by atoms with Crippen LogP contribution in [-0.2, 0) is 14.8 Å². The molecule has 2 aromatic heterocycles. The fourth-order valence-corrected chi connectivity index (χ4v) is 6.69. The number of anilines is 2. The van der Waals surface area contributed by atoms with Crippen molar-refractivity contribution in [2.24, 2.45) is 0 Å². The molecule has 6 rings (SSSR count). The van der Waals surface area contributed by atoms with Crippen LogP contribution in [0.1, 0.15) is 62.7 Å². The fourth-order valence-electron chi connectivity index (χ4n) is 5.27. The molecule has 2 aromatic carbocycles. The van der Waals surface area contributed by atoms with Gasteiger partial charge in [-0.05, 0) is 69.7 Å². The number of nitrogens with zero attached hydrogens (tertiary/aromatic N) is 3. The third-order valence-corrected chi connectivity index (χ3v) is 9.61. The molecule has 2 N–H and O–H groups in total. The predicted molar refractivity (Wildman–Crippen MR) is 172 cm³/mol. The third kappa shape index (κ3) is 6.70. The maximum atomic E-state index is 13.7. The van der Waals surface area contributed by atoms with Crippen LogP contribution in [0, 0.1) is 0 Å². The summed E-state index contributed by atoms with van der Waals surface area (Å²) in [6.45, 7) is 3.78. The molecule has 2 aliphatic rings. The molecular formula is C33H37N5O7S. The number of esters is 1. The Hall–Kier alpha value is -4.49. The van der Waals surface area contributed by atoms with E-state index < -0.39 is 16.0 Å². The van der Waals surface area contributed by atoms with E-state index in [2.05, 4.69) is 25.0 Å². The number of pyridine rings is 1. The van der Waals surface area contributed by atoms with Crippen LogP contribution < -0.4 is 24.2 Å². The van der Waals surface area contributed by atoms with Crippen molar-refractivity contribution in [3.05, 3.63) is 54.4 Å². The van der Waals surface area contributed by atoms with Gasteiger partial charge < -0.3 is 24.3 Å². The molecule has 2 saturated carbocycles. The summed E-state index contributed by atoms with van der Waals surface area (Å²) < 4.78 is 52.5. The molecule has 46 heavy (non-hydrogen) atoms. The number of fused-ring (bicyclic) bond motifs is 1. The summed E-state index contributed by atoms with van der Waals surface area (Å²) >= 11 is 0. The van der Waals surface area contributed by atoms with Crippen molar-refractivity contribution in [3.8, 4) is 28.8 Å². The van der Waals surface area contributed by atoms with Gasteiger partial charge in [0.05, 0.1) is 42.7 Å². The standard InChI is InChI=1S/C33H37N5O7S/c1-19(2)44-25-14-21(32(39)45-24-9-6-10-24)13-23(16-25)36-30-26-12-11-20(27-17-35-33(43-4)37-31(27)42-3)15-28(26)34-18-29(30)46(40,41)38-22-7-5-8-22/h11-19,22,24,38H,5-10H2,1-4H3,(H,34,36). The summed E-state index contributed by atoms with van der Waals surface area (Å²) in [6, 6.07) is 10.5. The molecule has 2 fully saturated rings. The first kappa shape index (κ1) is 31.5. The molecule has 0 aliphatic heterocycles. The van der Waals surface area contributed by atoms with E-state index in [4.69, 9.17) is 18.9 Å². The van der Waals surface area contributed by atoms with Gasteiger partial charge in [-0.25, -0.2) is 22.9 Å². The minimum atomic E-state index is -3.96. The highest BCUT2D eigenvalue weighted by atomic mass is 32.2. The lowest BCUT2D eigenvalue weighted by Gasteiger charge is -2.27. The Morgan fingerprint density at radius 2 is 1.74 bits per heavy atom. The fraction of sp³-hybridized carbons (Fsp3) is 0.394. The molecule has 4 aromatic rings. The Kier molecular flexibility index (Phi) is 8.96. The lowest BCUT2D eigenvalue weighted by atomic mass is 9.94. The quantitative estimate of drug-likeness (QED) is 0.180. The maximum Gasteiger partial charge on any atom is 0.338 e. The summed E-state index contributed by atoms with van der Waals surface area (Å²) in [5.74, 6) is 0.308. The second-order valence-corrected chi connectivity index (χ2v) is 13.4. The second-order valence-electron chi connectivity index (χ2n) is 11.8. The summed E-state index contributed by atoms with van der Waals surface area (Å²) in [7, 11) is -0.985. The summed E-state index contributed by atoms with van der Waals surface area (Å²) in [4.78, 5) is 26.2. The van der Waals surface area contributed by atoms with Crippen LogP contribution in [0.2, 0.25) is 0 Å². The van der Waals surface area contributed by atoms with E-state index in [0.717, 1.165) is 38.5 Å². The number of ether oxygens (including phenoxy) is 4. The van der Waals surface area contributed by atoms with Crippen LogP contribution in [0.25, 0.3) is 22.0 Å². The van der Waals surface area contributed by atoms with Gasteiger partial charge in [-0.1, -0.05) is 18.6 Å². The molecule has 0 amide bonds. The minimum absolute atomic E-state index is 0.0150. The highest BCUT2D eigenvalue weighted by molar-refractivity contribution is 7.89. The highest BCUT2D eigenvalue weighted by Gasteiger charge is 2.29. The molecule has 2 aliphatic carbocycles. The van der Waals surface area contributed by atoms with Crippen LogP contribution >= 0.6 is 0 Å². The second kappa shape index (κ2) is 13.1. The number of methoxy groups -OCH3 is 2. The zero-order chi connectivity index (χ0) is 32.4. The van der Waals surface area contributed by atoms with Crippen molar-refractivity contribution in [1.82, 2.24) is 19.7 Å². The van der Waals surface area contributed by atoms with Gasteiger partial charge in [0, 0.05) is 35.6 Å². The Bertz CT molecular complexity index is 1870. The number of benzene rings is 2. The van der Waals surface area contributed by atoms with Gasteiger partial charge in [0.25, 0.3) is 0 Å². The number of rotatable bonds is 12. The lowest BCUT2D eigenvalue weighted by molar-refractivity contribution is 0.00895. The molecule has 0 bridgehead atoms. The van der Waals surface area contributed by atoms with E-state index in [9.17, 15) is 13.2 Å². The molecule has 0 radical (unpaired) electrons. The van der Waals surface area contributed by atoms with Crippen LogP contribution in [0.3, 0.4) is 0 Å². The van der Waals surface area contributed by atoms with Gasteiger partial charge in [0.15, 0.2) is 0 Å². The SMILES string of the molecule is COc1ncc(-c2ccc3c(Nc4cc(OC(C)C)cc(C(=O)OC5CCC5)c4)c(S(=O)(=O)NC4CCC4)cnc3c2)c(OC)n1. The van der Waals surface area contributed by atoms with Gasteiger partial charge in [-0.15, -0.1) is 0 Å². The molecule has 0 unspecified atom stereocenters. The number of nitrogens with one attached hydrogen (secondary N) is 2. The smallest absolute Gasteiger partial charge is 0.338 e. The summed E-state index contributed by atoms with van der Waals surface area (Å²) in [6.07, 6.45) is 7.92. The van der Waals surface area contributed by atoms with Gasteiger partial charge in [-0.2, -0.15) is 4.98 Å². The molecule has 2 heterocycles. The first-order valence-electron chi connectivity index (χ1n) is 15.3. The van der Waals surface area contributed by atoms with Crippen LogP contribution in [0.15, 0.2) is 53.7 Å². The Labute approximate surface area is 267 Å². The van der Waals surface area contributed by atoms with Crippen LogP contribution in [0.4, 0.5) is 11.4 Å². The number of sulfonamides is 1. The first-order chi connectivity index (χ1) is 22.1. The van der Waals surface area contributed by atoms with Crippen molar-refractivity contribution in [2.75, 3.05) is 19.5 Å². The van der Waals surface area contributed by atoms with Crippen LogP contribution in [-0.4, -0.2) is 61.8 Å². The average Bonchev–Trinajstić information content (AvgIpc) is 2.99. The van der Waals surface area contributed by atoms with E-state index >= 15 is 0 Å². The van der Waals surface area contributed by atoms with E-state index in [1.165, 1.54) is 20.4 Å². The number of aromatic nitrogens is 3. The Balaban J connectivity index is 1.45.